The lowest BCUT2D eigenvalue weighted by atomic mass is 9.85. The summed E-state index contributed by atoms with van der Waals surface area (Å²) in [5, 5.41) is 0. The van der Waals surface area contributed by atoms with Gasteiger partial charge in [0.05, 0.1) is 69.1 Å². The zero-order valence-corrected chi connectivity index (χ0v) is 45.2. The highest BCUT2D eigenvalue weighted by atomic mass is 16.5. The van der Waals surface area contributed by atoms with Gasteiger partial charge in [-0.25, -0.2) is 0 Å². The fraction of sp³-hybridized carbons (Fsp3) is 0.333. The van der Waals surface area contributed by atoms with Crippen LogP contribution in [0.1, 0.15) is 92.5 Å². The predicted molar refractivity (Wildman–Crippen MR) is 284 cm³/mol. The SMILES string of the molecule is COc1ccc(C(=O)COc2cc(C(=O)[C@@H](C)Oc3ccc([C@H]4O[C@H](c5ccc(O[C@H](C)C(=O)c6ccc(OC)c(OCC(=O)c7ccc(OC)c(OC)c7)c6)c(OC)c5)[C@H](C)[C@H]4C)cc3OC)ccc2OC)cc1OC. The Morgan fingerprint density at radius 3 is 1.00 bits per heavy atom. The Labute approximate surface area is 448 Å². The van der Waals surface area contributed by atoms with Crippen molar-refractivity contribution in [3.63, 3.8) is 0 Å². The van der Waals surface area contributed by atoms with Gasteiger partial charge in [-0.15, -0.1) is 0 Å². The monoisotopic (exact) mass is 1060 g/mol. The van der Waals surface area contributed by atoms with Crippen LogP contribution in [0.4, 0.5) is 0 Å². The minimum atomic E-state index is -0.950. The number of ether oxygens (including phenoxy) is 13. The van der Waals surface area contributed by atoms with Gasteiger partial charge in [-0.05, 0) is 134 Å². The van der Waals surface area contributed by atoms with Crippen molar-refractivity contribution in [2.75, 3.05) is 70.1 Å². The Balaban J connectivity index is 0.983. The van der Waals surface area contributed by atoms with Crippen LogP contribution in [0.5, 0.6) is 69.0 Å². The maximum atomic E-state index is 13.8. The summed E-state index contributed by atoms with van der Waals surface area (Å²) in [6.07, 6.45) is -2.57. The first-order valence-electron chi connectivity index (χ1n) is 24.7. The first kappa shape index (κ1) is 56.3. The van der Waals surface area contributed by atoms with Crippen molar-refractivity contribution in [1.29, 1.82) is 0 Å². The van der Waals surface area contributed by atoms with Crippen molar-refractivity contribution < 1.29 is 80.8 Å². The van der Waals surface area contributed by atoms with Crippen LogP contribution in [-0.4, -0.2) is 105 Å². The lowest BCUT2D eigenvalue weighted by molar-refractivity contribution is 0.0287. The van der Waals surface area contributed by atoms with Gasteiger partial charge in [0.1, 0.15) is 0 Å². The van der Waals surface area contributed by atoms with Crippen molar-refractivity contribution in [2.45, 2.75) is 52.1 Å². The molecule has 6 aromatic carbocycles. The van der Waals surface area contributed by atoms with E-state index in [4.69, 9.17) is 61.6 Å². The molecular formula is C60H64O17. The molecule has 6 aromatic rings. The zero-order valence-electron chi connectivity index (χ0n) is 45.2. The topological polar surface area (TPSA) is 188 Å². The van der Waals surface area contributed by atoms with Crippen LogP contribution < -0.4 is 56.8 Å². The molecule has 0 amide bonds. The molecule has 0 aliphatic carbocycles. The van der Waals surface area contributed by atoms with Crippen LogP contribution in [0.2, 0.25) is 0 Å². The summed E-state index contributed by atoms with van der Waals surface area (Å²) in [5.41, 5.74) is 2.98. The Morgan fingerprint density at radius 2 is 0.662 bits per heavy atom. The molecule has 7 rings (SSSR count). The molecule has 0 bridgehead atoms. The molecule has 0 N–H and O–H groups in total. The van der Waals surface area contributed by atoms with E-state index < -0.39 is 12.2 Å². The van der Waals surface area contributed by atoms with E-state index >= 15 is 0 Å². The molecule has 1 heterocycles. The summed E-state index contributed by atoms with van der Waals surface area (Å²) in [7, 11) is 12.0. The third-order valence-electron chi connectivity index (χ3n) is 13.5. The average molecular weight is 1060 g/mol. The number of carbonyl (C=O) groups excluding carboxylic acids is 4. The normalized spacial score (nSPS) is 16.5. The van der Waals surface area contributed by atoms with Crippen LogP contribution in [0.25, 0.3) is 0 Å². The Bertz CT molecular complexity index is 2890. The quantitative estimate of drug-likeness (QED) is 0.0466. The highest BCUT2D eigenvalue weighted by Crippen LogP contribution is 2.51. The van der Waals surface area contributed by atoms with Gasteiger partial charge in [0.2, 0.25) is 11.6 Å². The number of carbonyl (C=O) groups is 4. The van der Waals surface area contributed by atoms with Crippen molar-refractivity contribution >= 4 is 23.1 Å². The van der Waals surface area contributed by atoms with Gasteiger partial charge in [0.15, 0.2) is 106 Å². The molecule has 77 heavy (non-hydrogen) atoms. The van der Waals surface area contributed by atoms with E-state index in [0.717, 1.165) is 11.1 Å². The molecule has 17 heteroatoms. The predicted octanol–water partition coefficient (Wildman–Crippen LogP) is 10.7. The first-order valence-corrected chi connectivity index (χ1v) is 24.7. The molecule has 0 aromatic heterocycles. The Morgan fingerprint density at radius 1 is 0.377 bits per heavy atom. The van der Waals surface area contributed by atoms with E-state index in [-0.39, 0.29) is 83.0 Å². The standard InChI is InChI=1S/C60H64O17/c1-33-34(2)60(42-18-24-50(54(30-42)72-12)76-36(4)58(64)40-16-22-48(68-8)56(28-40)74-32-44(62)38-14-20-46(66-6)52(26-38)70-10)77-59(33)41-17-23-49(53(29-41)71-11)75-35(3)57(63)39-15-21-47(67-7)55(27-39)73-31-43(61)37-13-19-45(65-5)51(25-37)69-9/h13-30,33-36,59-60H,31-32H2,1-12H3/t33-,34-,35-,36-,59+,60+/m1/s1. The van der Waals surface area contributed by atoms with Gasteiger partial charge < -0.3 is 61.6 Å². The van der Waals surface area contributed by atoms with Gasteiger partial charge >= 0.3 is 0 Å². The number of hydrogen-bond donors (Lipinski definition) is 0. The van der Waals surface area contributed by atoms with Crippen LogP contribution >= 0.6 is 0 Å². The van der Waals surface area contributed by atoms with Crippen LogP contribution in [0.15, 0.2) is 109 Å². The molecule has 0 unspecified atom stereocenters. The molecule has 6 atom stereocenters. The summed E-state index contributed by atoms with van der Waals surface area (Å²) in [6.45, 7) is 6.87. The smallest absolute Gasteiger partial charge is 0.203 e. The second-order valence-electron chi connectivity index (χ2n) is 18.1. The minimum absolute atomic E-state index is 0.0554. The highest BCUT2D eigenvalue weighted by Gasteiger charge is 2.41. The third-order valence-corrected chi connectivity index (χ3v) is 13.5. The van der Waals surface area contributed by atoms with Crippen molar-refractivity contribution in [2.24, 2.45) is 11.8 Å². The summed E-state index contributed by atoms with van der Waals surface area (Å²) in [6, 6.07) is 30.1. The van der Waals surface area contributed by atoms with Crippen LogP contribution in [0.3, 0.4) is 0 Å². The molecule has 1 saturated heterocycles. The number of Topliss-reactive ketones (excluding diaryl/α,β-unsaturated/α-hetero) is 4. The number of ketones is 4. The number of hydrogen-bond acceptors (Lipinski definition) is 17. The molecule has 1 fully saturated rings. The minimum Gasteiger partial charge on any atom is -0.493 e. The van der Waals surface area contributed by atoms with E-state index in [9.17, 15) is 19.2 Å². The van der Waals surface area contributed by atoms with Gasteiger partial charge in [-0.1, -0.05) is 26.0 Å². The molecule has 0 spiro atoms. The van der Waals surface area contributed by atoms with Crippen molar-refractivity contribution in [1.82, 2.24) is 0 Å². The van der Waals surface area contributed by atoms with Crippen molar-refractivity contribution in [3.05, 3.63) is 143 Å². The van der Waals surface area contributed by atoms with Crippen LogP contribution in [-0.2, 0) is 4.74 Å². The van der Waals surface area contributed by atoms with Gasteiger partial charge in [-0.3, -0.25) is 19.2 Å². The zero-order chi connectivity index (χ0) is 55.5. The molecule has 0 radical (unpaired) electrons. The summed E-state index contributed by atoms with van der Waals surface area (Å²) < 4.78 is 74.8. The van der Waals surface area contributed by atoms with Gasteiger partial charge in [0, 0.05) is 22.3 Å². The second-order valence-corrected chi connectivity index (χ2v) is 18.1. The molecule has 406 valence electrons. The van der Waals surface area contributed by atoms with Crippen LogP contribution in [0, 0.1) is 11.8 Å². The van der Waals surface area contributed by atoms with Gasteiger partial charge in [-0.2, -0.15) is 0 Å². The lowest BCUT2D eigenvalue weighted by Gasteiger charge is -2.21. The summed E-state index contributed by atoms with van der Waals surface area (Å²) >= 11 is 0. The maximum Gasteiger partial charge on any atom is 0.203 e. The van der Waals surface area contributed by atoms with E-state index in [1.807, 2.05) is 24.3 Å². The van der Waals surface area contributed by atoms with E-state index in [1.54, 1.807) is 86.6 Å². The number of benzene rings is 6. The lowest BCUT2D eigenvalue weighted by Crippen LogP contribution is -2.24. The van der Waals surface area contributed by atoms with E-state index in [2.05, 4.69) is 13.8 Å². The second kappa shape index (κ2) is 25.4. The highest BCUT2D eigenvalue weighted by molar-refractivity contribution is 6.01. The van der Waals surface area contributed by atoms with Crippen molar-refractivity contribution in [3.8, 4) is 69.0 Å². The number of methoxy groups -OCH3 is 8. The maximum absolute atomic E-state index is 13.8. The average Bonchev–Trinajstić information content (AvgIpc) is 3.81. The Hall–Kier alpha value is -8.44. The summed E-state index contributed by atoms with van der Waals surface area (Å²) in [5.74, 6) is 3.17. The molecule has 17 nitrogen and oxygen atoms in total. The molecule has 1 aliphatic heterocycles. The molecular weight excluding hydrogens is 993 g/mol. The largest absolute Gasteiger partial charge is 0.493 e. The van der Waals surface area contributed by atoms with E-state index in [0.29, 0.717) is 68.6 Å². The van der Waals surface area contributed by atoms with Gasteiger partial charge in [0.25, 0.3) is 0 Å². The fourth-order valence-corrected chi connectivity index (χ4v) is 8.95. The summed E-state index contributed by atoms with van der Waals surface area (Å²) in [4.78, 5) is 53.9. The van der Waals surface area contributed by atoms with E-state index in [1.165, 1.54) is 69.0 Å². The first-order chi connectivity index (χ1) is 37.1. The third kappa shape index (κ3) is 12.6. The number of rotatable bonds is 26. The Kier molecular flexibility index (Phi) is 18.6. The fourth-order valence-electron chi connectivity index (χ4n) is 8.95. The molecule has 1 aliphatic rings. The molecule has 0 saturated carbocycles.